The molecule has 0 heterocycles. The molecule has 3 N–H and O–H groups in total. The number of rotatable bonds is 3. The molecule has 0 saturated heterocycles. The molecule has 0 amide bonds. The number of aryl methyl sites for hydroxylation is 1. The SMILES string of the molecule is Cc1ccc(C(NN)c2ccc(Cl)c(Br)c2)c(F)c1F. The van der Waals surface area contributed by atoms with Gasteiger partial charge in [-0.15, -0.1) is 0 Å². The van der Waals surface area contributed by atoms with E-state index >= 15 is 0 Å². The first-order chi connectivity index (χ1) is 9.45. The third kappa shape index (κ3) is 2.86. The normalized spacial score (nSPS) is 12.5. The average molecular weight is 362 g/mol. The minimum atomic E-state index is -0.904. The van der Waals surface area contributed by atoms with Gasteiger partial charge in [-0.25, -0.2) is 14.2 Å². The molecule has 2 nitrogen and oxygen atoms in total. The molecule has 2 aromatic carbocycles. The number of hydrogen-bond donors (Lipinski definition) is 2. The van der Waals surface area contributed by atoms with E-state index in [4.69, 9.17) is 17.4 Å². The molecule has 0 aliphatic heterocycles. The maximum Gasteiger partial charge on any atom is 0.164 e. The quantitative estimate of drug-likeness (QED) is 0.634. The smallest absolute Gasteiger partial charge is 0.164 e. The van der Waals surface area contributed by atoms with Crippen molar-refractivity contribution in [3.05, 3.63) is 68.2 Å². The summed E-state index contributed by atoms with van der Waals surface area (Å²) in [5, 5.41) is 0.528. The van der Waals surface area contributed by atoms with E-state index in [2.05, 4.69) is 21.4 Å². The topological polar surface area (TPSA) is 38.0 Å². The predicted octanol–water partition coefficient (Wildman–Crippen LogP) is 4.24. The molecule has 1 unspecified atom stereocenters. The van der Waals surface area contributed by atoms with E-state index in [0.29, 0.717) is 15.1 Å². The molecule has 0 saturated carbocycles. The molecule has 0 fully saturated rings. The van der Waals surface area contributed by atoms with Crippen LogP contribution in [0.15, 0.2) is 34.8 Å². The van der Waals surface area contributed by atoms with Gasteiger partial charge < -0.3 is 0 Å². The summed E-state index contributed by atoms with van der Waals surface area (Å²) in [5.74, 6) is 3.73. The van der Waals surface area contributed by atoms with Crippen LogP contribution in [0.1, 0.15) is 22.7 Å². The molecule has 2 aromatic rings. The molecular weight excluding hydrogens is 350 g/mol. The van der Waals surface area contributed by atoms with Gasteiger partial charge in [-0.2, -0.15) is 0 Å². The number of hydrazine groups is 1. The second-order valence-corrected chi connectivity index (χ2v) is 5.63. The lowest BCUT2D eigenvalue weighted by Gasteiger charge is -2.19. The summed E-state index contributed by atoms with van der Waals surface area (Å²) in [7, 11) is 0. The average Bonchev–Trinajstić information content (AvgIpc) is 2.43. The summed E-state index contributed by atoms with van der Waals surface area (Å²) >= 11 is 9.21. The summed E-state index contributed by atoms with van der Waals surface area (Å²) in [5.41, 5.74) is 3.56. The first-order valence-corrected chi connectivity index (χ1v) is 6.98. The molecule has 106 valence electrons. The minimum Gasteiger partial charge on any atom is -0.271 e. The highest BCUT2D eigenvalue weighted by Gasteiger charge is 2.20. The van der Waals surface area contributed by atoms with E-state index in [-0.39, 0.29) is 11.1 Å². The highest BCUT2D eigenvalue weighted by Crippen LogP contribution is 2.30. The van der Waals surface area contributed by atoms with E-state index in [9.17, 15) is 8.78 Å². The second-order valence-electron chi connectivity index (χ2n) is 4.37. The van der Waals surface area contributed by atoms with Crippen molar-refractivity contribution >= 4 is 27.5 Å². The van der Waals surface area contributed by atoms with E-state index < -0.39 is 17.7 Å². The van der Waals surface area contributed by atoms with Crippen molar-refractivity contribution in [2.24, 2.45) is 5.84 Å². The van der Waals surface area contributed by atoms with Gasteiger partial charge in [0.2, 0.25) is 0 Å². The maximum absolute atomic E-state index is 14.1. The molecule has 6 heteroatoms. The van der Waals surface area contributed by atoms with Crippen molar-refractivity contribution in [1.29, 1.82) is 0 Å². The Morgan fingerprint density at radius 1 is 1.20 bits per heavy atom. The van der Waals surface area contributed by atoms with Gasteiger partial charge in [0, 0.05) is 10.0 Å². The molecule has 0 aliphatic rings. The van der Waals surface area contributed by atoms with Crippen LogP contribution in [0.2, 0.25) is 5.02 Å². The van der Waals surface area contributed by atoms with Crippen LogP contribution >= 0.6 is 27.5 Å². The summed E-state index contributed by atoms with van der Waals surface area (Å²) < 4.78 is 28.4. The number of hydrogen-bond acceptors (Lipinski definition) is 2. The van der Waals surface area contributed by atoms with Crippen LogP contribution in [-0.2, 0) is 0 Å². The highest BCUT2D eigenvalue weighted by atomic mass is 79.9. The first-order valence-electron chi connectivity index (χ1n) is 5.81. The Balaban J connectivity index is 2.52. The highest BCUT2D eigenvalue weighted by molar-refractivity contribution is 9.10. The van der Waals surface area contributed by atoms with E-state index in [1.54, 1.807) is 18.2 Å². The molecule has 0 bridgehead atoms. The standard InChI is InChI=1S/C14H12BrClF2N2/c1-7-2-4-9(13(18)12(7)17)14(20-19)8-3-5-11(16)10(15)6-8/h2-6,14,20H,19H2,1H3. The Morgan fingerprint density at radius 2 is 1.90 bits per heavy atom. The van der Waals surface area contributed by atoms with Gasteiger partial charge in [0.05, 0.1) is 11.1 Å². The molecule has 1 atom stereocenters. The van der Waals surface area contributed by atoms with Crippen LogP contribution < -0.4 is 11.3 Å². The van der Waals surface area contributed by atoms with Crippen molar-refractivity contribution < 1.29 is 8.78 Å². The molecule has 0 spiro atoms. The van der Waals surface area contributed by atoms with Gasteiger partial charge in [-0.05, 0) is 46.1 Å². The van der Waals surface area contributed by atoms with Gasteiger partial charge in [0.25, 0.3) is 0 Å². The minimum absolute atomic E-state index is 0.143. The lowest BCUT2D eigenvalue weighted by atomic mass is 9.97. The summed E-state index contributed by atoms with van der Waals surface area (Å²) in [6.45, 7) is 1.51. The molecule has 2 rings (SSSR count). The van der Waals surface area contributed by atoms with Crippen LogP contribution in [-0.4, -0.2) is 0 Å². The Hall–Kier alpha value is -1.01. The zero-order valence-corrected chi connectivity index (χ0v) is 12.9. The number of halogens is 4. The van der Waals surface area contributed by atoms with Gasteiger partial charge in [-0.3, -0.25) is 5.84 Å². The van der Waals surface area contributed by atoms with Gasteiger partial charge in [0.15, 0.2) is 11.6 Å². The number of nitrogens with two attached hydrogens (primary N) is 1. The Kier molecular flexibility index (Phi) is 4.75. The van der Waals surface area contributed by atoms with E-state index in [0.717, 1.165) is 0 Å². The van der Waals surface area contributed by atoms with Gasteiger partial charge >= 0.3 is 0 Å². The molecule has 20 heavy (non-hydrogen) atoms. The summed E-state index contributed by atoms with van der Waals surface area (Å²) in [4.78, 5) is 0. The predicted molar refractivity (Wildman–Crippen MR) is 79.4 cm³/mol. The monoisotopic (exact) mass is 360 g/mol. The van der Waals surface area contributed by atoms with Crippen molar-refractivity contribution in [3.8, 4) is 0 Å². The van der Waals surface area contributed by atoms with Crippen LogP contribution in [0.25, 0.3) is 0 Å². The molecular formula is C14H12BrClF2N2. The fourth-order valence-corrected chi connectivity index (χ4v) is 2.46. The van der Waals surface area contributed by atoms with Gasteiger partial charge in [0.1, 0.15) is 0 Å². The van der Waals surface area contributed by atoms with Crippen LogP contribution in [0.3, 0.4) is 0 Å². The number of nitrogens with one attached hydrogen (secondary N) is 1. The lowest BCUT2D eigenvalue weighted by Crippen LogP contribution is -2.29. The lowest BCUT2D eigenvalue weighted by molar-refractivity contribution is 0.478. The largest absolute Gasteiger partial charge is 0.271 e. The third-order valence-corrected chi connectivity index (χ3v) is 4.27. The van der Waals surface area contributed by atoms with E-state index in [1.807, 2.05) is 0 Å². The van der Waals surface area contributed by atoms with Crippen molar-refractivity contribution in [2.75, 3.05) is 0 Å². The van der Waals surface area contributed by atoms with Gasteiger partial charge in [-0.1, -0.05) is 29.8 Å². The third-order valence-electron chi connectivity index (χ3n) is 3.06. The zero-order chi connectivity index (χ0) is 14.9. The zero-order valence-electron chi connectivity index (χ0n) is 10.6. The van der Waals surface area contributed by atoms with Crippen LogP contribution in [0, 0.1) is 18.6 Å². The first kappa shape index (κ1) is 15.4. The summed E-state index contributed by atoms with van der Waals surface area (Å²) in [6, 6.07) is 7.44. The Morgan fingerprint density at radius 3 is 2.50 bits per heavy atom. The Bertz CT molecular complexity index is 649. The summed E-state index contributed by atoms with van der Waals surface area (Å²) in [6.07, 6.45) is 0. The van der Waals surface area contributed by atoms with Crippen LogP contribution in [0.4, 0.5) is 8.78 Å². The number of benzene rings is 2. The van der Waals surface area contributed by atoms with Crippen molar-refractivity contribution in [2.45, 2.75) is 13.0 Å². The molecule has 0 aliphatic carbocycles. The molecule has 0 aromatic heterocycles. The maximum atomic E-state index is 14.1. The van der Waals surface area contributed by atoms with Crippen molar-refractivity contribution in [3.63, 3.8) is 0 Å². The second kappa shape index (κ2) is 6.18. The Labute approximate surface area is 129 Å². The fraction of sp³-hybridized carbons (Fsp3) is 0.143. The van der Waals surface area contributed by atoms with E-state index in [1.165, 1.54) is 19.1 Å². The van der Waals surface area contributed by atoms with Crippen LogP contribution in [0.5, 0.6) is 0 Å². The fourth-order valence-electron chi connectivity index (χ4n) is 1.94. The molecule has 0 radical (unpaired) electrons. The van der Waals surface area contributed by atoms with Crippen molar-refractivity contribution in [1.82, 2.24) is 5.43 Å².